The Labute approximate surface area is 124 Å². The third-order valence-corrected chi connectivity index (χ3v) is 3.59. The molecule has 0 amide bonds. The van der Waals surface area contributed by atoms with Gasteiger partial charge in [-0.15, -0.1) is 0 Å². The number of hydrogen-bond donors (Lipinski definition) is 2. The fraction of sp³-hybridized carbons (Fsp3) is 0.167. The predicted molar refractivity (Wildman–Crippen MR) is 84.0 cm³/mol. The Bertz CT molecular complexity index is 635. The van der Waals surface area contributed by atoms with Crippen LogP contribution in [0.1, 0.15) is 22.0 Å². The molecule has 2 aromatic carbocycles. The number of nitrogens with one attached hydrogen (secondary N) is 2. The highest BCUT2D eigenvalue weighted by atomic mass is 16.1. The molecule has 106 valence electrons. The SMILES string of the molecule is O=C(C=C1NCCNC1c1ccccc1)c1ccccc1. The molecule has 0 bridgehead atoms. The standard InChI is InChI=1S/C18H18N2O/c21-17(14-7-3-1-4-8-14)13-16-18(20-12-11-19-16)15-9-5-2-6-10-15/h1-10,13,18-20H,11-12H2. The van der Waals surface area contributed by atoms with E-state index >= 15 is 0 Å². The minimum absolute atomic E-state index is 0.0303. The predicted octanol–water partition coefficient (Wildman–Crippen LogP) is 2.69. The van der Waals surface area contributed by atoms with Crippen LogP contribution < -0.4 is 10.6 Å². The Morgan fingerprint density at radius 2 is 1.62 bits per heavy atom. The molecule has 3 nitrogen and oxygen atoms in total. The normalized spacial score (nSPS) is 20.0. The molecule has 1 unspecified atom stereocenters. The number of allylic oxidation sites excluding steroid dienone is 1. The molecule has 1 saturated heterocycles. The Balaban J connectivity index is 1.88. The Hall–Kier alpha value is -2.39. The molecule has 2 N–H and O–H groups in total. The van der Waals surface area contributed by atoms with E-state index in [9.17, 15) is 4.79 Å². The van der Waals surface area contributed by atoms with E-state index < -0.39 is 0 Å². The van der Waals surface area contributed by atoms with Gasteiger partial charge in [0.25, 0.3) is 0 Å². The van der Waals surface area contributed by atoms with Gasteiger partial charge in [-0.25, -0.2) is 0 Å². The largest absolute Gasteiger partial charge is 0.385 e. The van der Waals surface area contributed by atoms with Gasteiger partial charge < -0.3 is 10.6 Å². The minimum atomic E-state index is 0.0303. The molecule has 2 aromatic rings. The lowest BCUT2D eigenvalue weighted by atomic mass is 9.99. The van der Waals surface area contributed by atoms with E-state index in [4.69, 9.17) is 0 Å². The number of rotatable bonds is 3. The molecule has 0 spiro atoms. The van der Waals surface area contributed by atoms with Crippen LogP contribution in [0, 0.1) is 0 Å². The molecule has 3 heteroatoms. The van der Waals surface area contributed by atoms with Crippen molar-refractivity contribution in [2.75, 3.05) is 13.1 Å². The van der Waals surface area contributed by atoms with Gasteiger partial charge in [-0.05, 0) is 5.56 Å². The lowest BCUT2D eigenvalue weighted by Gasteiger charge is -2.28. The zero-order valence-electron chi connectivity index (χ0n) is 11.8. The van der Waals surface area contributed by atoms with Gasteiger partial charge >= 0.3 is 0 Å². The average Bonchev–Trinajstić information content (AvgIpc) is 2.57. The van der Waals surface area contributed by atoms with Crippen LogP contribution in [-0.4, -0.2) is 18.9 Å². The molecule has 0 saturated carbocycles. The Morgan fingerprint density at radius 3 is 2.33 bits per heavy atom. The fourth-order valence-corrected chi connectivity index (χ4v) is 2.54. The van der Waals surface area contributed by atoms with Crippen LogP contribution >= 0.6 is 0 Å². The zero-order valence-corrected chi connectivity index (χ0v) is 11.8. The van der Waals surface area contributed by atoms with Gasteiger partial charge in [0.2, 0.25) is 0 Å². The van der Waals surface area contributed by atoms with Gasteiger partial charge in [0, 0.05) is 30.4 Å². The summed E-state index contributed by atoms with van der Waals surface area (Å²) in [7, 11) is 0. The lowest BCUT2D eigenvalue weighted by Crippen LogP contribution is -2.41. The quantitative estimate of drug-likeness (QED) is 0.670. The molecular formula is C18H18N2O. The third kappa shape index (κ3) is 3.20. The highest BCUT2D eigenvalue weighted by Crippen LogP contribution is 2.22. The van der Waals surface area contributed by atoms with E-state index in [-0.39, 0.29) is 11.8 Å². The average molecular weight is 278 g/mol. The molecule has 1 heterocycles. The summed E-state index contributed by atoms with van der Waals surface area (Å²) in [6.07, 6.45) is 1.71. The Morgan fingerprint density at radius 1 is 0.952 bits per heavy atom. The van der Waals surface area contributed by atoms with E-state index in [1.807, 2.05) is 48.5 Å². The molecule has 0 aromatic heterocycles. The van der Waals surface area contributed by atoms with Crippen molar-refractivity contribution in [3.05, 3.63) is 83.6 Å². The van der Waals surface area contributed by atoms with Crippen LogP contribution in [0.3, 0.4) is 0 Å². The van der Waals surface area contributed by atoms with Crippen molar-refractivity contribution < 1.29 is 4.79 Å². The monoisotopic (exact) mass is 278 g/mol. The van der Waals surface area contributed by atoms with Gasteiger partial charge in [-0.1, -0.05) is 60.7 Å². The molecule has 1 aliphatic heterocycles. The molecule has 21 heavy (non-hydrogen) atoms. The number of carbonyl (C=O) groups excluding carboxylic acids is 1. The number of ketones is 1. The summed E-state index contributed by atoms with van der Waals surface area (Å²) in [6.45, 7) is 1.72. The van der Waals surface area contributed by atoms with E-state index in [1.165, 1.54) is 0 Å². The molecule has 1 atom stereocenters. The van der Waals surface area contributed by atoms with Crippen molar-refractivity contribution in [2.45, 2.75) is 6.04 Å². The first-order valence-corrected chi connectivity index (χ1v) is 7.18. The van der Waals surface area contributed by atoms with Crippen molar-refractivity contribution in [3.63, 3.8) is 0 Å². The van der Waals surface area contributed by atoms with Crippen molar-refractivity contribution >= 4 is 5.78 Å². The topological polar surface area (TPSA) is 41.1 Å². The van der Waals surface area contributed by atoms with Crippen LogP contribution in [0.25, 0.3) is 0 Å². The summed E-state index contributed by atoms with van der Waals surface area (Å²) in [4.78, 5) is 12.3. The molecule has 0 aliphatic carbocycles. The summed E-state index contributed by atoms with van der Waals surface area (Å²) in [5.41, 5.74) is 2.81. The summed E-state index contributed by atoms with van der Waals surface area (Å²) >= 11 is 0. The smallest absolute Gasteiger partial charge is 0.187 e. The number of piperazine rings is 1. The van der Waals surface area contributed by atoms with E-state index in [0.29, 0.717) is 5.56 Å². The van der Waals surface area contributed by atoms with Gasteiger partial charge in [-0.3, -0.25) is 4.79 Å². The van der Waals surface area contributed by atoms with Gasteiger partial charge in [0.05, 0.1) is 6.04 Å². The van der Waals surface area contributed by atoms with Gasteiger partial charge in [0.1, 0.15) is 0 Å². The summed E-state index contributed by atoms with van der Waals surface area (Å²) < 4.78 is 0. The molecular weight excluding hydrogens is 260 g/mol. The zero-order chi connectivity index (χ0) is 14.5. The molecule has 1 fully saturated rings. The van der Waals surface area contributed by atoms with Crippen LogP contribution in [0.2, 0.25) is 0 Å². The van der Waals surface area contributed by atoms with Crippen molar-refractivity contribution in [1.82, 2.24) is 10.6 Å². The van der Waals surface area contributed by atoms with Gasteiger partial charge in [-0.2, -0.15) is 0 Å². The van der Waals surface area contributed by atoms with Crippen molar-refractivity contribution in [2.24, 2.45) is 0 Å². The third-order valence-electron chi connectivity index (χ3n) is 3.59. The van der Waals surface area contributed by atoms with Gasteiger partial charge in [0.15, 0.2) is 5.78 Å². The van der Waals surface area contributed by atoms with Crippen LogP contribution in [0.15, 0.2) is 72.4 Å². The van der Waals surface area contributed by atoms with E-state index in [1.54, 1.807) is 6.08 Å². The van der Waals surface area contributed by atoms with Crippen molar-refractivity contribution in [3.8, 4) is 0 Å². The summed E-state index contributed by atoms with van der Waals surface area (Å²) in [5.74, 6) is 0.0303. The second-order valence-electron chi connectivity index (χ2n) is 5.05. The second-order valence-corrected chi connectivity index (χ2v) is 5.05. The molecule has 1 aliphatic rings. The molecule has 3 rings (SSSR count). The van der Waals surface area contributed by atoms with Crippen LogP contribution in [0.4, 0.5) is 0 Å². The second kappa shape index (κ2) is 6.37. The van der Waals surface area contributed by atoms with Crippen molar-refractivity contribution in [1.29, 1.82) is 0 Å². The number of carbonyl (C=O) groups is 1. The maximum atomic E-state index is 12.3. The summed E-state index contributed by atoms with van der Waals surface area (Å²) in [5, 5.41) is 6.81. The lowest BCUT2D eigenvalue weighted by molar-refractivity contribution is 0.104. The van der Waals surface area contributed by atoms with E-state index in [0.717, 1.165) is 24.4 Å². The highest BCUT2D eigenvalue weighted by Gasteiger charge is 2.20. The molecule has 0 radical (unpaired) electrons. The first-order valence-electron chi connectivity index (χ1n) is 7.18. The maximum absolute atomic E-state index is 12.3. The first-order chi connectivity index (χ1) is 10.3. The number of hydrogen-bond acceptors (Lipinski definition) is 3. The minimum Gasteiger partial charge on any atom is -0.385 e. The van der Waals surface area contributed by atoms with Crippen LogP contribution in [0.5, 0.6) is 0 Å². The Kier molecular flexibility index (Phi) is 4.12. The highest BCUT2D eigenvalue weighted by molar-refractivity contribution is 6.04. The maximum Gasteiger partial charge on any atom is 0.187 e. The first kappa shape index (κ1) is 13.6. The number of benzene rings is 2. The van der Waals surface area contributed by atoms with Crippen LogP contribution in [-0.2, 0) is 0 Å². The summed E-state index contributed by atoms with van der Waals surface area (Å²) in [6, 6.07) is 19.6. The fourth-order valence-electron chi connectivity index (χ4n) is 2.54. The van der Waals surface area contributed by atoms with E-state index in [2.05, 4.69) is 22.8 Å².